The molecule has 1 fully saturated rings. The fraction of sp³-hybridized carbons (Fsp3) is 0.308. The molecule has 1 saturated heterocycles. The van der Waals surface area contributed by atoms with Crippen LogP contribution in [0.4, 0.5) is 11.9 Å². The highest BCUT2D eigenvalue weighted by molar-refractivity contribution is 5.81. The van der Waals surface area contributed by atoms with Crippen molar-refractivity contribution in [3.05, 3.63) is 35.9 Å². The number of nitrogens with one attached hydrogen (secondary N) is 1. The molecule has 2 aromatic rings. The van der Waals surface area contributed by atoms with Crippen LogP contribution in [0.3, 0.4) is 0 Å². The van der Waals surface area contributed by atoms with Crippen LogP contribution in [0.2, 0.25) is 0 Å². The van der Waals surface area contributed by atoms with Gasteiger partial charge in [-0.05, 0) is 5.56 Å². The fourth-order valence-electron chi connectivity index (χ4n) is 1.88. The van der Waals surface area contributed by atoms with Gasteiger partial charge in [-0.15, -0.1) is 5.10 Å². The van der Waals surface area contributed by atoms with E-state index in [9.17, 15) is 0 Å². The first-order valence-electron chi connectivity index (χ1n) is 6.26. The second-order valence-electron chi connectivity index (χ2n) is 4.23. The average Bonchev–Trinajstić information content (AvgIpc) is 2.96. The lowest BCUT2D eigenvalue weighted by atomic mass is 10.2. The first-order chi connectivity index (χ1) is 9.42. The van der Waals surface area contributed by atoms with Crippen molar-refractivity contribution in [2.24, 2.45) is 4.99 Å². The monoisotopic (exact) mass is 257 g/mol. The Morgan fingerprint density at radius 2 is 2.00 bits per heavy atom. The summed E-state index contributed by atoms with van der Waals surface area (Å²) in [5.41, 5.74) is 1.03. The summed E-state index contributed by atoms with van der Waals surface area (Å²) >= 11 is 0. The molecule has 98 valence electrons. The van der Waals surface area contributed by atoms with E-state index < -0.39 is 0 Å². The predicted octanol–water partition coefficient (Wildman–Crippen LogP) is 1.39. The quantitative estimate of drug-likeness (QED) is 0.844. The third-order valence-corrected chi connectivity index (χ3v) is 2.89. The van der Waals surface area contributed by atoms with Crippen LogP contribution in [0.25, 0.3) is 0 Å². The molecule has 0 spiro atoms. The summed E-state index contributed by atoms with van der Waals surface area (Å²) in [4.78, 5) is 10.7. The summed E-state index contributed by atoms with van der Waals surface area (Å²) in [5.74, 6) is 1.20. The molecule has 0 unspecified atom stereocenters. The van der Waals surface area contributed by atoms with Crippen LogP contribution in [0.15, 0.2) is 35.3 Å². The van der Waals surface area contributed by atoms with Crippen molar-refractivity contribution in [2.75, 3.05) is 31.2 Å². The number of ether oxygens (including phenoxy) is 1. The minimum atomic E-state index is 0.519. The van der Waals surface area contributed by atoms with E-state index in [1.165, 1.54) is 0 Å². The molecule has 1 aliphatic heterocycles. The van der Waals surface area contributed by atoms with Crippen LogP contribution >= 0.6 is 0 Å². The third kappa shape index (κ3) is 2.97. The number of benzene rings is 1. The van der Waals surface area contributed by atoms with Gasteiger partial charge in [-0.25, -0.2) is 10.1 Å². The number of morpholine rings is 1. The summed E-state index contributed by atoms with van der Waals surface area (Å²) in [7, 11) is 0. The summed E-state index contributed by atoms with van der Waals surface area (Å²) in [5, 5.41) is 7.00. The number of hydrogen-bond acceptors (Lipinski definition) is 5. The van der Waals surface area contributed by atoms with Crippen molar-refractivity contribution >= 4 is 18.1 Å². The van der Waals surface area contributed by atoms with Gasteiger partial charge >= 0.3 is 0 Å². The molecule has 6 nitrogen and oxygen atoms in total. The lowest BCUT2D eigenvalue weighted by molar-refractivity contribution is 0.122. The number of anilines is 1. The Bertz CT molecular complexity index is 545. The predicted molar refractivity (Wildman–Crippen MR) is 73.1 cm³/mol. The number of rotatable bonds is 3. The number of aromatic nitrogens is 3. The van der Waals surface area contributed by atoms with Gasteiger partial charge in [-0.1, -0.05) is 30.3 Å². The number of aromatic amines is 1. The van der Waals surface area contributed by atoms with Crippen molar-refractivity contribution in [2.45, 2.75) is 0 Å². The SMILES string of the molecule is C(=Nc1nc(N2CCOCC2)n[nH]1)c1ccccc1. The van der Waals surface area contributed by atoms with Crippen LogP contribution in [-0.4, -0.2) is 47.7 Å². The minimum Gasteiger partial charge on any atom is -0.378 e. The number of aliphatic imine (C=N–C) groups is 1. The van der Waals surface area contributed by atoms with Gasteiger partial charge in [-0.3, -0.25) is 0 Å². The fourth-order valence-corrected chi connectivity index (χ4v) is 1.88. The molecule has 0 bridgehead atoms. The summed E-state index contributed by atoms with van der Waals surface area (Å²) < 4.78 is 5.30. The van der Waals surface area contributed by atoms with E-state index >= 15 is 0 Å². The van der Waals surface area contributed by atoms with Crippen molar-refractivity contribution in [3.8, 4) is 0 Å². The van der Waals surface area contributed by atoms with Gasteiger partial charge in [0, 0.05) is 19.3 Å². The van der Waals surface area contributed by atoms with Crippen LogP contribution in [0, 0.1) is 0 Å². The number of hydrogen-bond donors (Lipinski definition) is 1. The molecule has 0 atom stereocenters. The zero-order valence-corrected chi connectivity index (χ0v) is 10.5. The van der Waals surface area contributed by atoms with Crippen molar-refractivity contribution in [1.29, 1.82) is 0 Å². The molecular formula is C13H15N5O. The Kier molecular flexibility index (Phi) is 3.51. The maximum Gasteiger partial charge on any atom is 0.246 e. The van der Waals surface area contributed by atoms with Crippen LogP contribution in [0.1, 0.15) is 5.56 Å². The van der Waals surface area contributed by atoms with Gasteiger partial charge in [0.1, 0.15) is 0 Å². The highest BCUT2D eigenvalue weighted by Gasteiger charge is 2.15. The molecule has 1 aromatic carbocycles. The van der Waals surface area contributed by atoms with E-state index in [2.05, 4.69) is 25.1 Å². The minimum absolute atomic E-state index is 0.519. The standard InChI is InChI=1S/C13H15N5O/c1-2-4-11(5-3-1)10-14-12-15-13(17-16-12)18-6-8-19-9-7-18/h1-5,10H,6-9H2,(H,15,16,17). The van der Waals surface area contributed by atoms with Crippen molar-refractivity contribution < 1.29 is 4.74 Å². The van der Waals surface area contributed by atoms with Gasteiger partial charge in [0.25, 0.3) is 0 Å². The van der Waals surface area contributed by atoms with Gasteiger partial charge in [0.2, 0.25) is 11.9 Å². The lowest BCUT2D eigenvalue weighted by Gasteiger charge is -2.25. The van der Waals surface area contributed by atoms with E-state index in [-0.39, 0.29) is 0 Å². The smallest absolute Gasteiger partial charge is 0.246 e. The van der Waals surface area contributed by atoms with E-state index in [1.54, 1.807) is 6.21 Å². The molecule has 1 aliphatic rings. The molecule has 6 heteroatoms. The van der Waals surface area contributed by atoms with E-state index in [4.69, 9.17) is 4.74 Å². The van der Waals surface area contributed by atoms with Gasteiger partial charge in [-0.2, -0.15) is 4.98 Å². The van der Waals surface area contributed by atoms with Gasteiger partial charge in [0.15, 0.2) is 0 Å². The molecule has 19 heavy (non-hydrogen) atoms. The van der Waals surface area contributed by atoms with E-state index in [0.717, 1.165) is 31.9 Å². The molecule has 1 aromatic heterocycles. The van der Waals surface area contributed by atoms with E-state index in [0.29, 0.717) is 11.9 Å². The maximum absolute atomic E-state index is 5.30. The highest BCUT2D eigenvalue weighted by Crippen LogP contribution is 2.13. The zero-order valence-electron chi connectivity index (χ0n) is 10.5. The Labute approximate surface area is 111 Å². The Morgan fingerprint density at radius 1 is 1.21 bits per heavy atom. The van der Waals surface area contributed by atoms with Gasteiger partial charge < -0.3 is 9.64 Å². The Morgan fingerprint density at radius 3 is 2.79 bits per heavy atom. The lowest BCUT2D eigenvalue weighted by Crippen LogP contribution is -2.36. The molecule has 0 aliphatic carbocycles. The Balaban J connectivity index is 1.69. The summed E-state index contributed by atoms with van der Waals surface area (Å²) in [6.07, 6.45) is 1.77. The van der Waals surface area contributed by atoms with E-state index in [1.807, 2.05) is 30.3 Å². The molecule has 0 amide bonds. The van der Waals surface area contributed by atoms with Crippen LogP contribution in [0.5, 0.6) is 0 Å². The molecule has 0 radical (unpaired) electrons. The Hall–Kier alpha value is -2.21. The first-order valence-corrected chi connectivity index (χ1v) is 6.26. The molecule has 1 N–H and O–H groups in total. The second kappa shape index (κ2) is 5.62. The summed E-state index contributed by atoms with van der Waals surface area (Å²) in [6, 6.07) is 9.90. The highest BCUT2D eigenvalue weighted by atomic mass is 16.5. The molecule has 3 rings (SSSR count). The van der Waals surface area contributed by atoms with Crippen LogP contribution < -0.4 is 4.90 Å². The normalized spacial score (nSPS) is 16.1. The molecule has 2 heterocycles. The number of nitrogens with zero attached hydrogens (tertiary/aromatic N) is 4. The van der Waals surface area contributed by atoms with Crippen LogP contribution in [-0.2, 0) is 4.74 Å². The van der Waals surface area contributed by atoms with Crippen molar-refractivity contribution in [1.82, 2.24) is 15.2 Å². The average molecular weight is 257 g/mol. The molecule has 0 saturated carbocycles. The maximum atomic E-state index is 5.30. The first kappa shape index (κ1) is 11.9. The van der Waals surface area contributed by atoms with Gasteiger partial charge in [0.05, 0.1) is 13.2 Å². The topological polar surface area (TPSA) is 66.4 Å². The summed E-state index contributed by atoms with van der Waals surface area (Å²) in [6.45, 7) is 3.08. The molecular weight excluding hydrogens is 242 g/mol. The number of H-pyrrole nitrogens is 1. The largest absolute Gasteiger partial charge is 0.378 e. The second-order valence-corrected chi connectivity index (χ2v) is 4.23. The zero-order chi connectivity index (χ0) is 12.9. The van der Waals surface area contributed by atoms with Crippen molar-refractivity contribution in [3.63, 3.8) is 0 Å². The third-order valence-electron chi connectivity index (χ3n) is 2.89.